The van der Waals surface area contributed by atoms with Crippen molar-refractivity contribution < 1.29 is 14.3 Å². The fourth-order valence-electron chi connectivity index (χ4n) is 3.47. The van der Waals surface area contributed by atoms with E-state index < -0.39 is 0 Å². The molecule has 0 saturated carbocycles. The van der Waals surface area contributed by atoms with E-state index in [0.29, 0.717) is 36.8 Å². The van der Waals surface area contributed by atoms with E-state index in [2.05, 4.69) is 6.92 Å². The van der Waals surface area contributed by atoms with Crippen LogP contribution in [0.5, 0.6) is 11.5 Å². The summed E-state index contributed by atoms with van der Waals surface area (Å²) in [4.78, 5) is 15.1. The van der Waals surface area contributed by atoms with Gasteiger partial charge in [0.05, 0.1) is 0 Å². The maximum absolute atomic E-state index is 13.1. The molecule has 2 aromatic rings. The SMILES string of the molecule is CCC(CCc1ccc(Cl)cc1)N(CC)C(=O)c1ccc2c(c1)OCCO2. The normalized spacial score (nSPS) is 13.9. The minimum absolute atomic E-state index is 0.0393. The molecule has 0 aromatic heterocycles. The Morgan fingerprint density at radius 1 is 1.07 bits per heavy atom. The Labute approximate surface area is 166 Å². The van der Waals surface area contributed by atoms with Crippen LogP contribution < -0.4 is 9.47 Å². The average molecular weight is 388 g/mol. The molecular formula is C22H26ClNO3. The second-order valence-electron chi connectivity index (χ2n) is 6.68. The molecule has 2 aromatic carbocycles. The summed E-state index contributed by atoms with van der Waals surface area (Å²) in [5, 5.41) is 0.745. The Morgan fingerprint density at radius 2 is 1.78 bits per heavy atom. The molecule has 144 valence electrons. The van der Waals surface area contributed by atoms with Gasteiger partial charge >= 0.3 is 0 Å². The summed E-state index contributed by atoms with van der Waals surface area (Å²) in [7, 11) is 0. The topological polar surface area (TPSA) is 38.8 Å². The highest BCUT2D eigenvalue weighted by Gasteiger charge is 2.24. The predicted molar refractivity (Wildman–Crippen MR) is 108 cm³/mol. The lowest BCUT2D eigenvalue weighted by Crippen LogP contribution is -2.40. The molecule has 1 aliphatic rings. The molecule has 0 fully saturated rings. The Bertz CT molecular complexity index is 776. The van der Waals surface area contributed by atoms with Crippen LogP contribution in [0.25, 0.3) is 0 Å². The highest BCUT2D eigenvalue weighted by Crippen LogP contribution is 2.31. The number of nitrogens with zero attached hydrogens (tertiary/aromatic N) is 1. The van der Waals surface area contributed by atoms with E-state index in [1.807, 2.05) is 48.2 Å². The molecule has 27 heavy (non-hydrogen) atoms. The molecule has 4 nitrogen and oxygen atoms in total. The van der Waals surface area contributed by atoms with Crippen molar-refractivity contribution in [3.63, 3.8) is 0 Å². The van der Waals surface area contributed by atoms with Crippen molar-refractivity contribution in [3.8, 4) is 11.5 Å². The van der Waals surface area contributed by atoms with E-state index in [4.69, 9.17) is 21.1 Å². The zero-order chi connectivity index (χ0) is 19.2. The van der Waals surface area contributed by atoms with E-state index in [-0.39, 0.29) is 11.9 Å². The number of amides is 1. The fourth-order valence-corrected chi connectivity index (χ4v) is 3.60. The lowest BCUT2D eigenvalue weighted by atomic mass is 10.0. The molecular weight excluding hydrogens is 362 g/mol. The highest BCUT2D eigenvalue weighted by molar-refractivity contribution is 6.30. The number of hydrogen-bond acceptors (Lipinski definition) is 3. The third-order valence-electron chi connectivity index (χ3n) is 4.98. The minimum atomic E-state index is 0.0393. The molecule has 0 aliphatic carbocycles. The largest absolute Gasteiger partial charge is 0.486 e. The van der Waals surface area contributed by atoms with Crippen LogP contribution >= 0.6 is 11.6 Å². The predicted octanol–water partition coefficient (Wildman–Crippen LogP) is 4.98. The molecule has 1 heterocycles. The van der Waals surface area contributed by atoms with E-state index in [0.717, 1.165) is 24.3 Å². The van der Waals surface area contributed by atoms with Crippen molar-refractivity contribution in [2.75, 3.05) is 19.8 Å². The van der Waals surface area contributed by atoms with Crippen LogP contribution in [-0.4, -0.2) is 36.6 Å². The molecule has 0 N–H and O–H groups in total. The molecule has 5 heteroatoms. The Kier molecular flexibility index (Phi) is 6.62. The van der Waals surface area contributed by atoms with Crippen molar-refractivity contribution in [2.45, 2.75) is 39.2 Å². The third kappa shape index (κ3) is 4.75. The summed E-state index contributed by atoms with van der Waals surface area (Å²) in [6.45, 7) is 5.89. The smallest absolute Gasteiger partial charge is 0.254 e. The molecule has 1 atom stereocenters. The lowest BCUT2D eigenvalue weighted by molar-refractivity contribution is 0.0674. The summed E-state index contributed by atoms with van der Waals surface area (Å²) < 4.78 is 11.2. The molecule has 1 aliphatic heterocycles. The van der Waals surface area contributed by atoms with Gasteiger partial charge < -0.3 is 14.4 Å². The van der Waals surface area contributed by atoms with Gasteiger partial charge in [-0.15, -0.1) is 0 Å². The van der Waals surface area contributed by atoms with Gasteiger partial charge in [-0.3, -0.25) is 4.79 Å². The number of rotatable bonds is 7. The first kappa shape index (κ1) is 19.6. The molecule has 3 rings (SSSR count). The van der Waals surface area contributed by atoms with Gasteiger partial charge in [0.25, 0.3) is 5.91 Å². The molecule has 1 amide bonds. The highest BCUT2D eigenvalue weighted by atomic mass is 35.5. The second-order valence-corrected chi connectivity index (χ2v) is 7.11. The maximum atomic E-state index is 13.1. The number of ether oxygens (including phenoxy) is 2. The van der Waals surface area contributed by atoms with Gasteiger partial charge in [-0.1, -0.05) is 30.7 Å². The van der Waals surface area contributed by atoms with Crippen LogP contribution in [0.15, 0.2) is 42.5 Å². The zero-order valence-corrected chi connectivity index (χ0v) is 16.7. The van der Waals surface area contributed by atoms with Crippen molar-refractivity contribution in [3.05, 3.63) is 58.6 Å². The number of benzene rings is 2. The standard InChI is InChI=1S/C22H26ClNO3/c1-3-19(11-7-16-5-9-18(23)10-6-16)24(4-2)22(25)17-8-12-20-21(15-17)27-14-13-26-20/h5-6,8-10,12,15,19H,3-4,7,11,13-14H2,1-2H3. The van der Waals surface area contributed by atoms with E-state index in [9.17, 15) is 4.79 Å². The molecule has 1 unspecified atom stereocenters. The Morgan fingerprint density at radius 3 is 2.44 bits per heavy atom. The summed E-state index contributed by atoms with van der Waals surface area (Å²) in [6.07, 6.45) is 2.75. The van der Waals surface area contributed by atoms with Gasteiger partial charge in [0.1, 0.15) is 13.2 Å². The van der Waals surface area contributed by atoms with Crippen LogP contribution in [0.2, 0.25) is 5.02 Å². The van der Waals surface area contributed by atoms with Crippen molar-refractivity contribution >= 4 is 17.5 Å². The number of carbonyl (C=O) groups is 1. The summed E-state index contributed by atoms with van der Waals surface area (Å²) in [6, 6.07) is 13.6. The van der Waals surface area contributed by atoms with Crippen molar-refractivity contribution in [1.82, 2.24) is 4.90 Å². The minimum Gasteiger partial charge on any atom is -0.486 e. The van der Waals surface area contributed by atoms with Crippen LogP contribution in [-0.2, 0) is 6.42 Å². The zero-order valence-electron chi connectivity index (χ0n) is 15.9. The fraction of sp³-hybridized carbons (Fsp3) is 0.409. The summed E-state index contributed by atoms with van der Waals surface area (Å²) in [5.41, 5.74) is 1.88. The summed E-state index contributed by atoms with van der Waals surface area (Å²) >= 11 is 5.96. The van der Waals surface area contributed by atoms with E-state index in [1.54, 1.807) is 6.07 Å². The number of carbonyl (C=O) groups excluding carboxylic acids is 1. The monoisotopic (exact) mass is 387 g/mol. The first-order valence-corrected chi connectivity index (χ1v) is 9.95. The second kappa shape index (κ2) is 9.14. The molecule has 0 spiro atoms. The van der Waals surface area contributed by atoms with Gasteiger partial charge in [-0.2, -0.15) is 0 Å². The van der Waals surface area contributed by atoms with Gasteiger partial charge in [-0.05, 0) is 62.1 Å². The van der Waals surface area contributed by atoms with Crippen molar-refractivity contribution in [1.29, 1.82) is 0 Å². The van der Waals surface area contributed by atoms with E-state index in [1.165, 1.54) is 5.56 Å². The Hall–Kier alpha value is -2.20. The lowest BCUT2D eigenvalue weighted by Gasteiger charge is -2.31. The number of hydrogen-bond donors (Lipinski definition) is 0. The van der Waals surface area contributed by atoms with Crippen LogP contribution in [0.1, 0.15) is 42.6 Å². The number of halogens is 1. The third-order valence-corrected chi connectivity index (χ3v) is 5.23. The first-order valence-electron chi connectivity index (χ1n) is 9.57. The van der Waals surface area contributed by atoms with E-state index >= 15 is 0 Å². The van der Waals surface area contributed by atoms with Gasteiger partial charge in [0.2, 0.25) is 0 Å². The number of fused-ring (bicyclic) bond motifs is 1. The van der Waals surface area contributed by atoms with Crippen molar-refractivity contribution in [2.24, 2.45) is 0 Å². The van der Waals surface area contributed by atoms with Crippen LogP contribution in [0.4, 0.5) is 0 Å². The molecule has 0 radical (unpaired) electrons. The summed E-state index contributed by atoms with van der Waals surface area (Å²) in [5.74, 6) is 1.39. The van der Waals surface area contributed by atoms with Crippen LogP contribution in [0, 0.1) is 0 Å². The molecule has 0 saturated heterocycles. The van der Waals surface area contributed by atoms with Crippen LogP contribution in [0.3, 0.4) is 0 Å². The van der Waals surface area contributed by atoms with Gasteiger partial charge in [-0.25, -0.2) is 0 Å². The quantitative estimate of drug-likeness (QED) is 0.672. The number of aryl methyl sites for hydroxylation is 1. The first-order chi connectivity index (χ1) is 13.1. The van der Waals surface area contributed by atoms with Gasteiger partial charge in [0, 0.05) is 23.2 Å². The van der Waals surface area contributed by atoms with Gasteiger partial charge in [0.15, 0.2) is 11.5 Å². The maximum Gasteiger partial charge on any atom is 0.254 e. The Balaban J connectivity index is 1.71. The molecule has 0 bridgehead atoms. The average Bonchev–Trinajstić information content (AvgIpc) is 2.71.